The molecule has 1 amide bonds. The summed E-state index contributed by atoms with van der Waals surface area (Å²) in [5.74, 6) is 1.41. The molecule has 4 nitrogen and oxygen atoms in total. The Balaban J connectivity index is 1.60. The van der Waals surface area contributed by atoms with Crippen LogP contribution < -0.4 is 16.0 Å². The molecule has 2 unspecified atom stereocenters. The van der Waals surface area contributed by atoms with Crippen LogP contribution in [0.4, 0.5) is 11.4 Å². The summed E-state index contributed by atoms with van der Waals surface area (Å²) in [7, 11) is 0. The number of hydrogen-bond acceptors (Lipinski definition) is 3. The molecule has 1 saturated carbocycles. The number of carbonyl (C=O) groups is 1. The Morgan fingerprint density at radius 2 is 1.95 bits per heavy atom. The Hall–Kier alpha value is -1.71. The molecule has 2 atom stereocenters. The summed E-state index contributed by atoms with van der Waals surface area (Å²) in [6, 6.07) is 5.83. The Kier molecular flexibility index (Phi) is 4.32. The fourth-order valence-electron chi connectivity index (χ4n) is 3.40. The van der Waals surface area contributed by atoms with Gasteiger partial charge < -0.3 is 16.0 Å². The molecule has 1 heterocycles. The number of nitrogens with one attached hydrogen (secondary N) is 3. The predicted molar refractivity (Wildman–Crippen MR) is 86.9 cm³/mol. The number of carbonyl (C=O) groups excluding carboxylic acids is 1. The molecule has 1 aromatic carbocycles. The van der Waals surface area contributed by atoms with Crippen molar-refractivity contribution in [2.24, 2.45) is 11.8 Å². The number of amides is 1. The van der Waals surface area contributed by atoms with Crippen LogP contribution in [0, 0.1) is 11.8 Å². The van der Waals surface area contributed by atoms with Crippen LogP contribution >= 0.6 is 0 Å². The summed E-state index contributed by atoms with van der Waals surface area (Å²) in [6.07, 6.45) is 5.19. The molecule has 2 aliphatic rings. The van der Waals surface area contributed by atoms with E-state index < -0.39 is 0 Å². The van der Waals surface area contributed by atoms with Gasteiger partial charge in [-0.25, -0.2) is 0 Å². The molecule has 0 aromatic heterocycles. The van der Waals surface area contributed by atoms with E-state index in [1.807, 2.05) is 18.2 Å². The largest absolute Gasteiger partial charge is 0.382 e. The van der Waals surface area contributed by atoms with E-state index in [2.05, 4.69) is 22.9 Å². The summed E-state index contributed by atoms with van der Waals surface area (Å²) < 4.78 is 0. The third-order valence-electron chi connectivity index (χ3n) is 4.85. The monoisotopic (exact) mass is 287 g/mol. The van der Waals surface area contributed by atoms with E-state index in [9.17, 15) is 4.79 Å². The quantitative estimate of drug-likeness (QED) is 0.801. The van der Waals surface area contributed by atoms with Gasteiger partial charge in [0.1, 0.15) is 0 Å². The van der Waals surface area contributed by atoms with Gasteiger partial charge in [-0.1, -0.05) is 26.2 Å². The van der Waals surface area contributed by atoms with Crippen molar-refractivity contribution in [3.05, 3.63) is 23.8 Å². The summed E-state index contributed by atoms with van der Waals surface area (Å²) in [6.45, 7) is 4.95. The highest BCUT2D eigenvalue weighted by atomic mass is 16.1. The van der Waals surface area contributed by atoms with E-state index in [-0.39, 0.29) is 5.91 Å². The van der Waals surface area contributed by atoms with Crippen molar-refractivity contribution < 1.29 is 4.79 Å². The summed E-state index contributed by atoms with van der Waals surface area (Å²) in [5, 5.41) is 9.77. The van der Waals surface area contributed by atoms with Crippen molar-refractivity contribution in [3.63, 3.8) is 0 Å². The minimum atomic E-state index is 0.0444. The van der Waals surface area contributed by atoms with Crippen LogP contribution in [0.25, 0.3) is 0 Å². The molecule has 4 heteroatoms. The second-order valence-electron chi connectivity index (χ2n) is 6.35. The van der Waals surface area contributed by atoms with E-state index in [0.29, 0.717) is 5.92 Å². The molecule has 1 aliphatic heterocycles. The molecule has 21 heavy (non-hydrogen) atoms. The van der Waals surface area contributed by atoms with Gasteiger partial charge in [0.25, 0.3) is 5.91 Å². The van der Waals surface area contributed by atoms with Gasteiger partial charge in [-0.3, -0.25) is 4.79 Å². The van der Waals surface area contributed by atoms with Gasteiger partial charge in [0, 0.05) is 25.2 Å². The Bertz CT molecular complexity index is 515. The zero-order valence-corrected chi connectivity index (χ0v) is 12.7. The third-order valence-corrected chi connectivity index (χ3v) is 4.85. The molecule has 0 spiro atoms. The number of anilines is 2. The molecule has 3 rings (SSSR count). The molecule has 114 valence electrons. The first-order valence-corrected chi connectivity index (χ1v) is 8.14. The van der Waals surface area contributed by atoms with Gasteiger partial charge in [-0.15, -0.1) is 0 Å². The van der Waals surface area contributed by atoms with Crippen LogP contribution in [0.3, 0.4) is 0 Å². The van der Waals surface area contributed by atoms with Crippen molar-refractivity contribution in [1.29, 1.82) is 0 Å². The van der Waals surface area contributed by atoms with Gasteiger partial charge in [0.05, 0.1) is 11.4 Å². The van der Waals surface area contributed by atoms with Gasteiger partial charge >= 0.3 is 0 Å². The van der Waals surface area contributed by atoms with Gasteiger partial charge in [0.2, 0.25) is 0 Å². The van der Waals surface area contributed by atoms with E-state index in [1.54, 1.807) is 0 Å². The lowest BCUT2D eigenvalue weighted by Crippen LogP contribution is -2.33. The van der Waals surface area contributed by atoms with Gasteiger partial charge in [-0.05, 0) is 36.5 Å². The maximum atomic E-state index is 12.3. The molecular weight excluding hydrogens is 262 g/mol. The van der Waals surface area contributed by atoms with Crippen LogP contribution in [-0.2, 0) is 0 Å². The Labute approximate surface area is 126 Å². The fraction of sp³-hybridized carbons (Fsp3) is 0.588. The zero-order valence-electron chi connectivity index (χ0n) is 12.7. The van der Waals surface area contributed by atoms with Crippen LogP contribution in [0.5, 0.6) is 0 Å². The second kappa shape index (κ2) is 6.37. The maximum absolute atomic E-state index is 12.3. The predicted octanol–water partition coefficient (Wildman–Crippen LogP) is 3.08. The second-order valence-corrected chi connectivity index (χ2v) is 6.35. The van der Waals surface area contributed by atoms with Crippen LogP contribution in [-0.4, -0.2) is 25.5 Å². The number of benzene rings is 1. The lowest BCUT2D eigenvalue weighted by Gasteiger charge is -2.28. The van der Waals surface area contributed by atoms with Crippen molar-refractivity contribution in [2.45, 2.75) is 32.6 Å². The fourth-order valence-corrected chi connectivity index (χ4v) is 3.40. The van der Waals surface area contributed by atoms with Crippen molar-refractivity contribution in [2.75, 3.05) is 30.3 Å². The van der Waals surface area contributed by atoms with E-state index in [1.165, 1.54) is 25.7 Å². The minimum Gasteiger partial charge on any atom is -0.382 e. The standard InChI is InChI=1S/C17H25N3O/c1-12-4-2-3-5-14(12)11-20-17(21)13-6-7-15-16(10-13)19-9-8-18-15/h6-7,10,12,14,18-19H,2-5,8-9,11H2,1H3,(H,20,21). The first-order chi connectivity index (χ1) is 10.2. The molecular formula is C17H25N3O. The third kappa shape index (κ3) is 3.31. The van der Waals surface area contributed by atoms with E-state index in [0.717, 1.165) is 42.5 Å². The number of fused-ring (bicyclic) bond motifs is 1. The van der Waals surface area contributed by atoms with Crippen LogP contribution in [0.2, 0.25) is 0 Å². The highest BCUT2D eigenvalue weighted by molar-refractivity contribution is 5.96. The topological polar surface area (TPSA) is 53.2 Å². The summed E-state index contributed by atoms with van der Waals surface area (Å²) >= 11 is 0. The zero-order chi connectivity index (χ0) is 14.7. The molecule has 3 N–H and O–H groups in total. The first-order valence-electron chi connectivity index (χ1n) is 8.14. The van der Waals surface area contributed by atoms with Crippen LogP contribution in [0.1, 0.15) is 43.0 Å². The van der Waals surface area contributed by atoms with Crippen molar-refractivity contribution in [1.82, 2.24) is 5.32 Å². The lowest BCUT2D eigenvalue weighted by atomic mass is 9.80. The number of rotatable bonds is 3. The first kappa shape index (κ1) is 14.2. The Morgan fingerprint density at radius 1 is 1.19 bits per heavy atom. The van der Waals surface area contributed by atoms with Gasteiger partial charge in [-0.2, -0.15) is 0 Å². The average molecular weight is 287 g/mol. The van der Waals surface area contributed by atoms with Crippen molar-refractivity contribution in [3.8, 4) is 0 Å². The van der Waals surface area contributed by atoms with E-state index >= 15 is 0 Å². The smallest absolute Gasteiger partial charge is 0.251 e. The molecule has 1 aromatic rings. The molecule has 1 aliphatic carbocycles. The SMILES string of the molecule is CC1CCCCC1CNC(=O)c1ccc2c(c1)NCCN2. The molecule has 0 saturated heterocycles. The summed E-state index contributed by atoms with van der Waals surface area (Å²) in [4.78, 5) is 12.3. The normalized spacial score (nSPS) is 24.4. The highest BCUT2D eigenvalue weighted by Gasteiger charge is 2.22. The molecule has 1 fully saturated rings. The molecule has 0 bridgehead atoms. The highest BCUT2D eigenvalue weighted by Crippen LogP contribution is 2.29. The lowest BCUT2D eigenvalue weighted by molar-refractivity contribution is 0.0936. The van der Waals surface area contributed by atoms with E-state index in [4.69, 9.17) is 0 Å². The average Bonchev–Trinajstić information content (AvgIpc) is 2.53. The summed E-state index contributed by atoms with van der Waals surface area (Å²) in [5.41, 5.74) is 2.85. The van der Waals surface area contributed by atoms with Crippen LogP contribution in [0.15, 0.2) is 18.2 Å². The Morgan fingerprint density at radius 3 is 2.76 bits per heavy atom. The minimum absolute atomic E-state index is 0.0444. The molecule has 0 radical (unpaired) electrons. The van der Waals surface area contributed by atoms with Crippen molar-refractivity contribution >= 4 is 17.3 Å². The number of hydrogen-bond donors (Lipinski definition) is 3. The van der Waals surface area contributed by atoms with Gasteiger partial charge in [0.15, 0.2) is 0 Å². The maximum Gasteiger partial charge on any atom is 0.251 e.